The Morgan fingerprint density at radius 3 is 2.82 bits per heavy atom. The Morgan fingerprint density at radius 2 is 2.07 bits per heavy atom. The summed E-state index contributed by atoms with van der Waals surface area (Å²) >= 11 is 0. The van der Waals surface area contributed by atoms with Crippen molar-refractivity contribution in [3.63, 3.8) is 0 Å². The van der Waals surface area contributed by atoms with Gasteiger partial charge >= 0.3 is 0 Å². The van der Waals surface area contributed by atoms with E-state index in [1.54, 1.807) is 6.07 Å². The van der Waals surface area contributed by atoms with Gasteiger partial charge < -0.3 is 0 Å². The van der Waals surface area contributed by atoms with Crippen LogP contribution >= 0.6 is 0 Å². The fourth-order valence-electron chi connectivity index (χ4n) is 4.81. The molecule has 1 saturated heterocycles. The highest BCUT2D eigenvalue weighted by Gasteiger charge is 2.49. The number of anilines is 1. The van der Waals surface area contributed by atoms with Gasteiger partial charge in [0.1, 0.15) is 11.5 Å². The van der Waals surface area contributed by atoms with Crippen LogP contribution in [0.25, 0.3) is 0 Å². The first-order valence-electron chi connectivity index (χ1n) is 10.2. The van der Waals surface area contributed by atoms with Gasteiger partial charge in [-0.15, -0.1) is 0 Å². The summed E-state index contributed by atoms with van der Waals surface area (Å²) in [6.07, 6.45) is 6.87. The molecule has 0 bridgehead atoms. The maximum Gasteiger partial charge on any atom is 0.234 e. The topological polar surface area (TPSA) is 63.2 Å². The number of carbonyl (C=O) groups is 2. The maximum atomic E-state index is 13.3. The quantitative estimate of drug-likeness (QED) is 0.746. The van der Waals surface area contributed by atoms with Gasteiger partial charge in [-0.3, -0.25) is 19.5 Å². The minimum absolute atomic E-state index is 0.0910. The zero-order chi connectivity index (χ0) is 19.7. The number of hydrogen-bond acceptors (Lipinski definition) is 4. The van der Waals surface area contributed by atoms with Crippen molar-refractivity contribution < 1.29 is 9.59 Å². The van der Waals surface area contributed by atoms with Gasteiger partial charge in [0.25, 0.3) is 0 Å². The normalized spacial score (nSPS) is 24.7. The SMILES string of the molecule is Cc1ccc(N2CC[C@]3(CCC[C@H](CC(=O)c4cccc(C)n4)C3)C2=O)nc1. The highest BCUT2D eigenvalue weighted by Crippen LogP contribution is 2.48. The van der Waals surface area contributed by atoms with Crippen LogP contribution in [0.5, 0.6) is 0 Å². The molecular weight excluding hydrogens is 350 g/mol. The average molecular weight is 377 g/mol. The van der Waals surface area contributed by atoms with Gasteiger partial charge in [0, 0.05) is 24.9 Å². The van der Waals surface area contributed by atoms with E-state index in [-0.39, 0.29) is 23.0 Å². The Bertz CT molecular complexity index is 893. The summed E-state index contributed by atoms with van der Waals surface area (Å²) in [6.45, 7) is 4.61. The van der Waals surface area contributed by atoms with Crippen LogP contribution in [0, 0.1) is 25.2 Å². The van der Waals surface area contributed by atoms with Gasteiger partial charge in [0.15, 0.2) is 5.78 Å². The van der Waals surface area contributed by atoms with Gasteiger partial charge in [-0.05, 0) is 69.2 Å². The van der Waals surface area contributed by atoms with E-state index in [9.17, 15) is 9.59 Å². The van der Waals surface area contributed by atoms with Crippen LogP contribution in [0.15, 0.2) is 36.5 Å². The number of aromatic nitrogens is 2. The number of pyridine rings is 2. The lowest BCUT2D eigenvalue weighted by molar-refractivity contribution is -0.128. The third-order valence-electron chi connectivity index (χ3n) is 6.28. The third-order valence-corrected chi connectivity index (χ3v) is 6.28. The predicted octanol–water partition coefficient (Wildman–Crippen LogP) is 4.28. The number of nitrogens with zero attached hydrogens (tertiary/aromatic N) is 3. The molecule has 0 N–H and O–H groups in total. The summed E-state index contributed by atoms with van der Waals surface area (Å²) in [5.74, 6) is 1.27. The molecule has 2 aliphatic rings. The number of hydrogen-bond donors (Lipinski definition) is 0. The van der Waals surface area contributed by atoms with Crippen molar-refractivity contribution in [3.05, 3.63) is 53.5 Å². The molecule has 2 aromatic rings. The van der Waals surface area contributed by atoms with Gasteiger partial charge in [0.2, 0.25) is 5.91 Å². The van der Waals surface area contributed by atoms with Crippen LogP contribution in [-0.2, 0) is 4.79 Å². The second-order valence-corrected chi connectivity index (χ2v) is 8.43. The van der Waals surface area contributed by atoms with E-state index >= 15 is 0 Å². The number of carbonyl (C=O) groups excluding carboxylic acids is 2. The van der Waals surface area contributed by atoms with Crippen LogP contribution < -0.4 is 4.90 Å². The second kappa shape index (κ2) is 7.46. The lowest BCUT2D eigenvalue weighted by Gasteiger charge is -2.36. The molecule has 0 aromatic carbocycles. The highest BCUT2D eigenvalue weighted by molar-refractivity contribution is 5.99. The fraction of sp³-hybridized carbons (Fsp3) is 0.478. The molecule has 1 saturated carbocycles. The van der Waals surface area contributed by atoms with Crippen molar-refractivity contribution in [2.24, 2.45) is 11.3 Å². The average Bonchev–Trinajstić information content (AvgIpc) is 2.98. The van der Waals surface area contributed by atoms with Crippen molar-refractivity contribution in [1.82, 2.24) is 9.97 Å². The lowest BCUT2D eigenvalue weighted by atomic mass is 9.67. The molecule has 146 valence electrons. The molecule has 1 amide bonds. The van der Waals surface area contributed by atoms with E-state index in [4.69, 9.17) is 0 Å². The molecule has 2 fully saturated rings. The van der Waals surface area contributed by atoms with Crippen molar-refractivity contribution >= 4 is 17.5 Å². The fourth-order valence-corrected chi connectivity index (χ4v) is 4.81. The minimum Gasteiger partial charge on any atom is -0.296 e. The first kappa shape index (κ1) is 18.8. The first-order chi connectivity index (χ1) is 13.5. The van der Waals surface area contributed by atoms with Gasteiger partial charge in [-0.2, -0.15) is 0 Å². The summed E-state index contributed by atoms with van der Waals surface area (Å²) in [4.78, 5) is 36.7. The summed E-state index contributed by atoms with van der Waals surface area (Å²) < 4.78 is 0. The molecule has 5 heteroatoms. The van der Waals surface area contributed by atoms with E-state index in [0.717, 1.165) is 55.7 Å². The van der Waals surface area contributed by atoms with Crippen molar-refractivity contribution in [2.75, 3.05) is 11.4 Å². The molecule has 28 heavy (non-hydrogen) atoms. The largest absolute Gasteiger partial charge is 0.296 e. The predicted molar refractivity (Wildman–Crippen MR) is 108 cm³/mol. The third kappa shape index (κ3) is 3.58. The van der Waals surface area contributed by atoms with E-state index in [1.807, 2.05) is 49.2 Å². The monoisotopic (exact) mass is 377 g/mol. The zero-order valence-corrected chi connectivity index (χ0v) is 16.6. The van der Waals surface area contributed by atoms with Crippen LogP contribution in [0.2, 0.25) is 0 Å². The Kier molecular flexibility index (Phi) is 5.00. The van der Waals surface area contributed by atoms with E-state index < -0.39 is 0 Å². The Hall–Kier alpha value is -2.56. The van der Waals surface area contributed by atoms with E-state index in [0.29, 0.717) is 12.1 Å². The summed E-state index contributed by atoms with van der Waals surface area (Å²) in [5, 5.41) is 0. The van der Waals surface area contributed by atoms with Crippen LogP contribution in [0.4, 0.5) is 5.82 Å². The van der Waals surface area contributed by atoms with E-state index in [1.165, 1.54) is 0 Å². The number of ketones is 1. The Balaban J connectivity index is 1.46. The molecule has 1 aliphatic carbocycles. The molecule has 5 nitrogen and oxygen atoms in total. The molecule has 4 rings (SSSR count). The lowest BCUT2D eigenvalue weighted by Crippen LogP contribution is -2.39. The summed E-state index contributed by atoms with van der Waals surface area (Å²) in [6, 6.07) is 9.50. The minimum atomic E-state index is -0.324. The molecule has 2 atom stereocenters. The van der Waals surface area contributed by atoms with E-state index in [2.05, 4.69) is 9.97 Å². The van der Waals surface area contributed by atoms with Gasteiger partial charge in [0.05, 0.1) is 5.41 Å². The molecule has 2 aromatic heterocycles. The Morgan fingerprint density at radius 1 is 1.21 bits per heavy atom. The standard InChI is InChI=1S/C23H27N3O2/c1-16-8-9-21(24-15-16)26-12-11-23(22(26)28)10-4-6-18(14-23)13-20(27)19-7-3-5-17(2)25-19/h3,5,7-9,15,18H,4,6,10-14H2,1-2H3/t18-,23+/m1/s1. The summed E-state index contributed by atoms with van der Waals surface area (Å²) in [5.41, 5.74) is 2.17. The Labute approximate surface area is 166 Å². The highest BCUT2D eigenvalue weighted by atomic mass is 16.2. The molecule has 0 unspecified atom stereocenters. The van der Waals surface area contributed by atoms with Crippen molar-refractivity contribution in [3.8, 4) is 0 Å². The zero-order valence-electron chi connectivity index (χ0n) is 16.6. The van der Waals surface area contributed by atoms with Gasteiger partial charge in [-0.1, -0.05) is 18.6 Å². The van der Waals surface area contributed by atoms with Gasteiger partial charge in [-0.25, -0.2) is 4.98 Å². The maximum absolute atomic E-state index is 13.3. The van der Waals surface area contributed by atoms with Crippen molar-refractivity contribution in [2.45, 2.75) is 52.4 Å². The molecule has 0 radical (unpaired) electrons. The number of rotatable bonds is 4. The van der Waals surface area contributed by atoms with Crippen molar-refractivity contribution in [1.29, 1.82) is 0 Å². The number of amides is 1. The second-order valence-electron chi connectivity index (χ2n) is 8.43. The van der Waals surface area contributed by atoms with Crippen LogP contribution in [0.1, 0.15) is 60.3 Å². The first-order valence-corrected chi connectivity index (χ1v) is 10.2. The molecular formula is C23H27N3O2. The molecule has 3 heterocycles. The smallest absolute Gasteiger partial charge is 0.234 e. The van der Waals surface area contributed by atoms with Crippen LogP contribution in [-0.4, -0.2) is 28.2 Å². The molecule has 1 aliphatic heterocycles. The number of aryl methyl sites for hydroxylation is 2. The summed E-state index contributed by atoms with van der Waals surface area (Å²) in [7, 11) is 0. The molecule has 1 spiro atoms. The number of Topliss-reactive ketones (excluding diaryl/α,β-unsaturated/α-hetero) is 1. The van der Waals surface area contributed by atoms with Crippen LogP contribution in [0.3, 0.4) is 0 Å².